The minimum Gasteiger partial charge on any atom is -0.313 e. The van der Waals surface area contributed by atoms with Crippen molar-refractivity contribution in [3.05, 3.63) is 54.6 Å². The second-order valence-corrected chi connectivity index (χ2v) is 7.33. The molecule has 2 rings (SSSR count). The van der Waals surface area contributed by atoms with Crippen LogP contribution >= 0.6 is 43.2 Å². The molecule has 0 aliphatic rings. The van der Waals surface area contributed by atoms with E-state index in [4.69, 9.17) is 0 Å². The lowest BCUT2D eigenvalue weighted by molar-refractivity contribution is -0.138. The second kappa shape index (κ2) is 6.81. The number of benzene rings is 1. The molecule has 1 heterocycles. The topological polar surface area (TPSA) is 12.0 Å². The van der Waals surface area contributed by atoms with E-state index in [0.717, 1.165) is 15.4 Å². The zero-order valence-electron chi connectivity index (χ0n) is 11.0. The number of halogens is 5. The number of likely N-dealkylation sites (N-methyl/N-ethyl adjacent to an activating group) is 1. The van der Waals surface area contributed by atoms with Crippen molar-refractivity contribution < 1.29 is 13.2 Å². The van der Waals surface area contributed by atoms with E-state index in [0.29, 0.717) is 10.9 Å². The fourth-order valence-electron chi connectivity index (χ4n) is 2.11. The molecule has 0 amide bonds. The fourth-order valence-corrected chi connectivity index (χ4v) is 3.97. The number of rotatable bonds is 4. The standard InChI is InChI=1S/C14H12Br2F3NS/c1-20-13(6-10-4-9(16)7-21-10)11-3-2-8(15)5-12(11)14(17,18)19/h2-5,7,13,20H,6H2,1H3. The smallest absolute Gasteiger partial charge is 0.313 e. The van der Waals surface area contributed by atoms with E-state index in [-0.39, 0.29) is 11.6 Å². The maximum absolute atomic E-state index is 13.2. The van der Waals surface area contributed by atoms with Crippen molar-refractivity contribution in [1.82, 2.24) is 5.32 Å². The molecular weight excluding hydrogens is 431 g/mol. The highest BCUT2D eigenvalue weighted by Crippen LogP contribution is 2.37. The van der Waals surface area contributed by atoms with E-state index in [9.17, 15) is 13.2 Å². The summed E-state index contributed by atoms with van der Waals surface area (Å²) in [6.45, 7) is 0. The van der Waals surface area contributed by atoms with Crippen LogP contribution in [0.1, 0.15) is 22.0 Å². The Morgan fingerprint density at radius 2 is 1.90 bits per heavy atom. The predicted molar refractivity (Wildman–Crippen MR) is 86.7 cm³/mol. The quantitative estimate of drug-likeness (QED) is 0.631. The van der Waals surface area contributed by atoms with Gasteiger partial charge in [0.2, 0.25) is 0 Å². The molecule has 0 spiro atoms. The number of hydrogen-bond donors (Lipinski definition) is 1. The Labute approximate surface area is 141 Å². The zero-order valence-corrected chi connectivity index (χ0v) is 15.0. The SMILES string of the molecule is CNC(Cc1cc(Br)cs1)c1ccc(Br)cc1C(F)(F)F. The number of hydrogen-bond acceptors (Lipinski definition) is 2. The summed E-state index contributed by atoms with van der Waals surface area (Å²) in [6.07, 6.45) is -3.86. The molecule has 21 heavy (non-hydrogen) atoms. The van der Waals surface area contributed by atoms with E-state index < -0.39 is 11.7 Å². The lowest BCUT2D eigenvalue weighted by Gasteiger charge is -2.21. The summed E-state index contributed by atoms with van der Waals surface area (Å²) in [5, 5.41) is 4.91. The van der Waals surface area contributed by atoms with Gasteiger partial charge in [-0.2, -0.15) is 13.2 Å². The van der Waals surface area contributed by atoms with Gasteiger partial charge in [0.15, 0.2) is 0 Å². The predicted octanol–water partition coefficient (Wildman–Crippen LogP) is 5.80. The molecule has 0 saturated carbocycles. The normalized spacial score (nSPS) is 13.4. The highest BCUT2D eigenvalue weighted by atomic mass is 79.9. The maximum atomic E-state index is 13.2. The summed E-state index contributed by atoms with van der Waals surface area (Å²) < 4.78 is 41.0. The Morgan fingerprint density at radius 3 is 2.43 bits per heavy atom. The average Bonchev–Trinajstić information content (AvgIpc) is 2.81. The van der Waals surface area contributed by atoms with Crippen LogP contribution in [0.15, 0.2) is 38.6 Å². The molecule has 1 aromatic heterocycles. The molecule has 0 radical (unpaired) electrons. The van der Waals surface area contributed by atoms with Crippen LogP contribution < -0.4 is 5.32 Å². The van der Waals surface area contributed by atoms with Gasteiger partial charge in [0.1, 0.15) is 0 Å². The summed E-state index contributed by atoms with van der Waals surface area (Å²) in [7, 11) is 1.68. The van der Waals surface area contributed by atoms with Crippen molar-refractivity contribution in [2.45, 2.75) is 18.6 Å². The van der Waals surface area contributed by atoms with Crippen LogP contribution in [0.2, 0.25) is 0 Å². The lowest BCUT2D eigenvalue weighted by atomic mass is 9.97. The van der Waals surface area contributed by atoms with Gasteiger partial charge in [-0.1, -0.05) is 22.0 Å². The molecule has 2 aromatic rings. The van der Waals surface area contributed by atoms with Gasteiger partial charge in [-0.05, 0) is 46.7 Å². The van der Waals surface area contributed by atoms with Gasteiger partial charge < -0.3 is 5.32 Å². The van der Waals surface area contributed by atoms with Crippen molar-refractivity contribution in [3.63, 3.8) is 0 Å². The van der Waals surface area contributed by atoms with Crippen molar-refractivity contribution in [1.29, 1.82) is 0 Å². The Bertz CT molecular complexity index is 625. The Balaban J connectivity index is 2.38. The van der Waals surface area contributed by atoms with Crippen molar-refractivity contribution in [2.75, 3.05) is 7.05 Å². The monoisotopic (exact) mass is 441 g/mol. The molecular formula is C14H12Br2F3NS. The van der Waals surface area contributed by atoms with Crippen LogP contribution in [0.3, 0.4) is 0 Å². The average molecular weight is 443 g/mol. The van der Waals surface area contributed by atoms with E-state index in [2.05, 4.69) is 37.2 Å². The van der Waals surface area contributed by atoms with Crippen molar-refractivity contribution in [2.24, 2.45) is 0 Å². The number of thiophene rings is 1. The molecule has 1 aromatic carbocycles. The van der Waals surface area contributed by atoms with Crippen LogP contribution in [0, 0.1) is 0 Å². The molecule has 1 unspecified atom stereocenters. The first-order chi connectivity index (χ1) is 9.81. The van der Waals surface area contributed by atoms with Crippen LogP contribution in [-0.4, -0.2) is 7.05 Å². The van der Waals surface area contributed by atoms with Crippen LogP contribution in [-0.2, 0) is 12.6 Å². The van der Waals surface area contributed by atoms with Crippen LogP contribution in [0.25, 0.3) is 0 Å². The highest BCUT2D eigenvalue weighted by Gasteiger charge is 2.35. The molecule has 0 aliphatic carbocycles. The zero-order chi connectivity index (χ0) is 15.6. The van der Waals surface area contributed by atoms with Gasteiger partial charge >= 0.3 is 6.18 Å². The summed E-state index contributed by atoms with van der Waals surface area (Å²) in [4.78, 5) is 1.03. The fraction of sp³-hybridized carbons (Fsp3) is 0.286. The summed E-state index contributed by atoms with van der Waals surface area (Å²) in [5.41, 5.74) is -0.343. The Morgan fingerprint density at radius 1 is 1.19 bits per heavy atom. The Kier molecular flexibility index (Phi) is 5.51. The molecule has 0 aliphatic heterocycles. The van der Waals surface area contributed by atoms with Crippen molar-refractivity contribution >= 4 is 43.2 Å². The third-order valence-corrected chi connectivity index (χ3v) is 5.28. The summed E-state index contributed by atoms with van der Waals surface area (Å²) in [5.74, 6) is 0. The number of nitrogens with one attached hydrogen (secondary N) is 1. The van der Waals surface area contributed by atoms with Crippen LogP contribution in [0.5, 0.6) is 0 Å². The van der Waals surface area contributed by atoms with Gasteiger partial charge in [-0.25, -0.2) is 0 Å². The third-order valence-electron chi connectivity index (χ3n) is 3.07. The molecule has 0 saturated heterocycles. The molecule has 1 nitrogen and oxygen atoms in total. The van der Waals surface area contributed by atoms with Crippen molar-refractivity contribution in [3.8, 4) is 0 Å². The number of alkyl halides is 3. The van der Waals surface area contributed by atoms with Gasteiger partial charge in [0.05, 0.1) is 5.56 Å². The van der Waals surface area contributed by atoms with E-state index in [1.807, 2.05) is 11.4 Å². The third kappa shape index (κ3) is 4.31. The molecule has 114 valence electrons. The van der Waals surface area contributed by atoms with Gasteiger partial charge in [0.25, 0.3) is 0 Å². The maximum Gasteiger partial charge on any atom is 0.416 e. The van der Waals surface area contributed by atoms with E-state index in [1.165, 1.54) is 17.4 Å². The highest BCUT2D eigenvalue weighted by molar-refractivity contribution is 9.10. The molecule has 7 heteroatoms. The minimum atomic E-state index is -4.37. The molecule has 0 bridgehead atoms. The largest absolute Gasteiger partial charge is 0.416 e. The Hall–Kier alpha value is -0.370. The van der Waals surface area contributed by atoms with Crippen LogP contribution in [0.4, 0.5) is 13.2 Å². The van der Waals surface area contributed by atoms with E-state index >= 15 is 0 Å². The first-order valence-electron chi connectivity index (χ1n) is 6.08. The summed E-state index contributed by atoms with van der Waals surface area (Å²) >= 11 is 7.99. The first-order valence-corrected chi connectivity index (χ1v) is 8.54. The van der Waals surface area contributed by atoms with E-state index in [1.54, 1.807) is 13.1 Å². The minimum absolute atomic E-state index is 0.262. The van der Waals surface area contributed by atoms with Gasteiger partial charge in [0, 0.05) is 31.7 Å². The molecule has 1 N–H and O–H groups in total. The summed E-state index contributed by atoms with van der Waals surface area (Å²) in [6, 6.07) is 5.83. The molecule has 0 fully saturated rings. The molecule has 1 atom stereocenters. The first kappa shape index (κ1) is 17.0. The van der Waals surface area contributed by atoms with Gasteiger partial charge in [-0.15, -0.1) is 11.3 Å². The van der Waals surface area contributed by atoms with Gasteiger partial charge in [-0.3, -0.25) is 0 Å². The lowest BCUT2D eigenvalue weighted by Crippen LogP contribution is -2.22. The second-order valence-electron chi connectivity index (χ2n) is 4.51.